The van der Waals surface area contributed by atoms with E-state index in [9.17, 15) is 9.59 Å². The first kappa shape index (κ1) is 19.8. The Labute approximate surface area is 166 Å². The zero-order valence-corrected chi connectivity index (χ0v) is 17.0. The summed E-state index contributed by atoms with van der Waals surface area (Å²) in [5.41, 5.74) is 1.62. The fraction of sp³-hybridized carbons (Fsp3) is 0.316. The van der Waals surface area contributed by atoms with Gasteiger partial charge in [-0.3, -0.25) is 4.79 Å². The minimum atomic E-state index is -0.671. The number of hydrogen-bond donors (Lipinski definition) is 2. The molecule has 8 nitrogen and oxygen atoms in total. The van der Waals surface area contributed by atoms with E-state index in [0.29, 0.717) is 44.9 Å². The average molecular weight is 403 g/mol. The molecule has 0 spiro atoms. The third kappa shape index (κ3) is 3.33. The largest absolute Gasteiger partial charge is 0.493 e. The highest BCUT2D eigenvalue weighted by molar-refractivity contribution is 7.98. The van der Waals surface area contributed by atoms with Crippen LogP contribution in [0.15, 0.2) is 39.4 Å². The first-order chi connectivity index (χ1) is 13.4. The zero-order valence-electron chi connectivity index (χ0n) is 16.2. The Morgan fingerprint density at radius 3 is 2.50 bits per heavy atom. The number of fused-ring (bicyclic) bond motifs is 1. The van der Waals surface area contributed by atoms with Gasteiger partial charge in [-0.25, -0.2) is 9.78 Å². The summed E-state index contributed by atoms with van der Waals surface area (Å²) in [6, 6.07) is 5.27. The predicted molar refractivity (Wildman–Crippen MR) is 106 cm³/mol. The summed E-state index contributed by atoms with van der Waals surface area (Å²) in [5, 5.41) is 3.55. The Bertz CT molecular complexity index is 1020. The maximum absolute atomic E-state index is 12.9. The molecule has 0 saturated carbocycles. The molecule has 1 aliphatic heterocycles. The molecule has 1 atom stereocenters. The number of rotatable bonds is 5. The van der Waals surface area contributed by atoms with E-state index < -0.39 is 11.9 Å². The maximum atomic E-state index is 12.9. The summed E-state index contributed by atoms with van der Waals surface area (Å²) in [5.74, 6) is 0.259. The Kier molecular flexibility index (Phi) is 5.64. The second kappa shape index (κ2) is 7.97. The number of ether oxygens (including phenoxy) is 3. The summed E-state index contributed by atoms with van der Waals surface area (Å²) in [4.78, 5) is 32.7. The van der Waals surface area contributed by atoms with Crippen LogP contribution in [0.4, 0.5) is 5.82 Å². The molecule has 2 aromatic rings. The van der Waals surface area contributed by atoms with Crippen molar-refractivity contribution in [2.75, 3.05) is 32.9 Å². The molecule has 1 aliphatic rings. The lowest BCUT2D eigenvalue weighted by molar-refractivity contribution is -0.136. The zero-order chi connectivity index (χ0) is 20.4. The fourth-order valence-electron chi connectivity index (χ4n) is 3.27. The Morgan fingerprint density at radius 2 is 1.89 bits per heavy atom. The summed E-state index contributed by atoms with van der Waals surface area (Å²) in [6.45, 7) is 1.75. The van der Waals surface area contributed by atoms with Crippen LogP contribution < -0.4 is 20.3 Å². The van der Waals surface area contributed by atoms with Gasteiger partial charge < -0.3 is 24.5 Å². The molecule has 28 heavy (non-hydrogen) atoms. The number of H-pyrrole nitrogens is 1. The number of esters is 1. The van der Waals surface area contributed by atoms with Crippen LogP contribution in [-0.2, 0) is 9.53 Å². The van der Waals surface area contributed by atoms with E-state index in [2.05, 4.69) is 15.3 Å². The van der Waals surface area contributed by atoms with Gasteiger partial charge in [0.1, 0.15) is 5.82 Å². The number of hydrogen-bond acceptors (Lipinski definition) is 8. The van der Waals surface area contributed by atoms with Crippen LogP contribution >= 0.6 is 11.8 Å². The SMILES string of the molecule is COC(=O)C1=C(C)Nc2nc(SC)[nH]c(=O)c2C1c1ccc(OC)c(OC)c1. The van der Waals surface area contributed by atoms with Crippen LogP contribution in [-0.4, -0.2) is 43.5 Å². The van der Waals surface area contributed by atoms with Crippen molar-refractivity contribution in [3.8, 4) is 11.5 Å². The van der Waals surface area contributed by atoms with Crippen LogP contribution in [0.2, 0.25) is 0 Å². The van der Waals surface area contributed by atoms with Gasteiger partial charge in [0, 0.05) is 5.70 Å². The van der Waals surface area contributed by atoms with Gasteiger partial charge in [0.15, 0.2) is 16.7 Å². The van der Waals surface area contributed by atoms with Gasteiger partial charge in [-0.05, 0) is 30.9 Å². The topological polar surface area (TPSA) is 103 Å². The van der Waals surface area contributed by atoms with Gasteiger partial charge in [-0.15, -0.1) is 0 Å². The first-order valence-corrected chi connectivity index (χ1v) is 9.63. The van der Waals surface area contributed by atoms with Gasteiger partial charge in [-0.2, -0.15) is 0 Å². The van der Waals surface area contributed by atoms with E-state index >= 15 is 0 Å². The van der Waals surface area contributed by atoms with Crippen molar-refractivity contribution in [3.63, 3.8) is 0 Å². The standard InChI is InChI=1S/C19H21N3O5S/c1-9-13(18(24)27-4)14(10-6-7-11(25-2)12(8-10)26-3)15-16(20-9)21-19(28-5)22-17(15)23/h6-8,14H,1-5H3,(H2,20,21,22,23). The molecule has 2 N–H and O–H groups in total. The lowest BCUT2D eigenvalue weighted by atomic mass is 9.82. The molecule has 0 fully saturated rings. The van der Waals surface area contributed by atoms with Gasteiger partial charge in [0.2, 0.25) is 0 Å². The minimum Gasteiger partial charge on any atom is -0.493 e. The number of aromatic amines is 1. The molecule has 1 aromatic carbocycles. The third-order valence-electron chi connectivity index (χ3n) is 4.56. The molecule has 0 saturated heterocycles. The van der Waals surface area contributed by atoms with Gasteiger partial charge in [-0.1, -0.05) is 17.8 Å². The quantitative estimate of drug-likeness (QED) is 0.446. The van der Waals surface area contributed by atoms with Crippen molar-refractivity contribution < 1.29 is 19.0 Å². The maximum Gasteiger partial charge on any atom is 0.336 e. The molecular weight excluding hydrogens is 382 g/mol. The number of nitrogens with one attached hydrogen (secondary N) is 2. The van der Waals surface area contributed by atoms with E-state index in [1.54, 1.807) is 32.2 Å². The average Bonchev–Trinajstić information content (AvgIpc) is 2.71. The van der Waals surface area contributed by atoms with Gasteiger partial charge >= 0.3 is 5.97 Å². The number of anilines is 1. The van der Waals surface area contributed by atoms with Crippen LogP contribution in [0, 0.1) is 0 Å². The lowest BCUT2D eigenvalue weighted by Gasteiger charge is -2.28. The monoisotopic (exact) mass is 403 g/mol. The van der Waals surface area contributed by atoms with E-state index in [0.717, 1.165) is 0 Å². The van der Waals surface area contributed by atoms with E-state index in [1.165, 1.54) is 26.0 Å². The normalized spacial score (nSPS) is 15.5. The highest BCUT2D eigenvalue weighted by Crippen LogP contribution is 2.42. The molecule has 1 unspecified atom stereocenters. The number of benzene rings is 1. The number of methoxy groups -OCH3 is 3. The highest BCUT2D eigenvalue weighted by atomic mass is 32.2. The number of thioether (sulfide) groups is 1. The molecule has 0 radical (unpaired) electrons. The van der Waals surface area contributed by atoms with E-state index in [1.807, 2.05) is 6.26 Å². The Hall–Kier alpha value is -2.94. The minimum absolute atomic E-state index is 0.324. The molecule has 148 valence electrons. The van der Waals surface area contributed by atoms with Crippen molar-refractivity contribution in [2.24, 2.45) is 0 Å². The molecule has 2 heterocycles. The lowest BCUT2D eigenvalue weighted by Crippen LogP contribution is -2.31. The van der Waals surface area contributed by atoms with Gasteiger partial charge in [0.25, 0.3) is 5.56 Å². The number of allylic oxidation sites excluding steroid dienone is 1. The molecule has 9 heteroatoms. The summed E-state index contributed by atoms with van der Waals surface area (Å²) >= 11 is 1.33. The molecule has 0 amide bonds. The fourth-order valence-corrected chi connectivity index (χ4v) is 3.65. The molecule has 1 aromatic heterocycles. The summed E-state index contributed by atoms with van der Waals surface area (Å²) in [6.07, 6.45) is 1.82. The highest BCUT2D eigenvalue weighted by Gasteiger charge is 2.36. The summed E-state index contributed by atoms with van der Waals surface area (Å²) in [7, 11) is 4.38. The summed E-state index contributed by atoms with van der Waals surface area (Å²) < 4.78 is 15.7. The van der Waals surface area contributed by atoms with Crippen LogP contribution in [0.5, 0.6) is 11.5 Å². The Morgan fingerprint density at radius 1 is 1.18 bits per heavy atom. The van der Waals surface area contributed by atoms with Crippen molar-refractivity contribution in [1.29, 1.82) is 0 Å². The predicted octanol–water partition coefficient (Wildman–Crippen LogP) is 2.51. The van der Waals surface area contributed by atoms with Crippen LogP contribution in [0.25, 0.3) is 0 Å². The van der Waals surface area contributed by atoms with Crippen LogP contribution in [0.1, 0.15) is 24.0 Å². The van der Waals surface area contributed by atoms with E-state index in [-0.39, 0.29) is 5.56 Å². The molecule has 0 aliphatic carbocycles. The Balaban J connectivity index is 2.29. The second-order valence-corrected chi connectivity index (χ2v) is 6.84. The molecule has 0 bridgehead atoms. The number of carbonyl (C=O) groups is 1. The van der Waals surface area contributed by atoms with Crippen molar-refractivity contribution in [3.05, 3.63) is 50.9 Å². The number of carbonyl (C=O) groups excluding carboxylic acids is 1. The third-order valence-corrected chi connectivity index (χ3v) is 5.14. The van der Waals surface area contributed by atoms with Crippen molar-refractivity contribution in [2.45, 2.75) is 18.0 Å². The van der Waals surface area contributed by atoms with Crippen LogP contribution in [0.3, 0.4) is 0 Å². The number of nitrogens with zero attached hydrogens (tertiary/aromatic N) is 1. The molecular formula is C19H21N3O5S. The van der Waals surface area contributed by atoms with E-state index in [4.69, 9.17) is 14.2 Å². The van der Waals surface area contributed by atoms with Crippen molar-refractivity contribution in [1.82, 2.24) is 9.97 Å². The molecule has 3 rings (SSSR count). The second-order valence-electron chi connectivity index (χ2n) is 6.04. The number of aromatic nitrogens is 2. The smallest absolute Gasteiger partial charge is 0.336 e. The van der Waals surface area contributed by atoms with Gasteiger partial charge in [0.05, 0.1) is 38.4 Å². The first-order valence-electron chi connectivity index (χ1n) is 8.41. The van der Waals surface area contributed by atoms with Crippen molar-refractivity contribution >= 4 is 23.5 Å².